The summed E-state index contributed by atoms with van der Waals surface area (Å²) in [4.78, 5) is 22.5. The van der Waals surface area contributed by atoms with E-state index in [0.29, 0.717) is 42.1 Å². The lowest BCUT2D eigenvalue weighted by molar-refractivity contribution is 0.158. The molecule has 2 N–H and O–H groups in total. The average Bonchev–Trinajstić information content (AvgIpc) is 2.96. The smallest absolute Gasteiger partial charge is 0.202 e. The van der Waals surface area contributed by atoms with Crippen LogP contribution in [0.1, 0.15) is 35.1 Å². The molecular weight excluding hydrogens is 531 g/mol. The molecule has 214 valence electrons. The summed E-state index contributed by atoms with van der Waals surface area (Å²) < 4.78 is 50.6. The minimum atomic E-state index is -1.11. The molecule has 1 atom stereocenters. The highest BCUT2D eigenvalue weighted by atomic mass is 19.2. The zero-order valence-corrected chi connectivity index (χ0v) is 23.1. The number of aryl methyl sites for hydroxylation is 2. The molecule has 2 aliphatic heterocycles. The van der Waals surface area contributed by atoms with Crippen molar-refractivity contribution in [2.75, 3.05) is 30.3 Å². The van der Waals surface area contributed by atoms with E-state index in [-0.39, 0.29) is 47.1 Å². The fourth-order valence-corrected chi connectivity index (χ4v) is 6.17. The maximum Gasteiger partial charge on any atom is 0.202 e. The third-order valence-electron chi connectivity index (χ3n) is 8.17. The van der Waals surface area contributed by atoms with Gasteiger partial charge in [0.2, 0.25) is 5.82 Å². The molecule has 0 aliphatic carbocycles. The molecule has 2 aliphatic rings. The molecule has 0 saturated carbocycles. The fraction of sp³-hybridized carbons (Fsp3) is 0.355. The predicted octanol–water partition coefficient (Wildman–Crippen LogP) is 5.08. The van der Waals surface area contributed by atoms with Gasteiger partial charge in [-0.3, -0.25) is 9.69 Å². The van der Waals surface area contributed by atoms with Crippen molar-refractivity contribution in [2.45, 2.75) is 52.4 Å². The van der Waals surface area contributed by atoms with E-state index in [4.69, 9.17) is 10.5 Å². The minimum absolute atomic E-state index is 0.0623. The quantitative estimate of drug-likeness (QED) is 0.353. The molecule has 0 radical (unpaired) electrons. The number of nitrogens with two attached hydrogens (primary N) is 1. The first-order valence-electron chi connectivity index (χ1n) is 13.8. The van der Waals surface area contributed by atoms with Gasteiger partial charge in [0.05, 0.1) is 29.3 Å². The zero-order valence-electron chi connectivity index (χ0n) is 23.1. The molecule has 1 saturated heterocycles. The number of halogens is 3. The topological polar surface area (TPSA) is 76.6 Å². The Labute approximate surface area is 236 Å². The Hall–Kier alpha value is -4.05. The highest BCUT2D eigenvalue weighted by molar-refractivity contribution is 5.86. The van der Waals surface area contributed by atoms with E-state index in [1.54, 1.807) is 36.9 Å². The van der Waals surface area contributed by atoms with E-state index in [9.17, 15) is 18.0 Å². The number of rotatable bonds is 6. The largest absolute Gasteiger partial charge is 0.486 e. The Bertz CT molecular complexity index is 1670. The van der Waals surface area contributed by atoms with Gasteiger partial charge in [0.15, 0.2) is 17.0 Å². The molecule has 0 bridgehead atoms. The van der Waals surface area contributed by atoms with Gasteiger partial charge in [-0.15, -0.1) is 0 Å². The van der Waals surface area contributed by atoms with E-state index >= 15 is 0 Å². The monoisotopic (exact) mass is 563 g/mol. The standard InChI is InChI=1S/C31H32F3N5O2/c1-18-10-20(11-19(2)27(18)33)14-39(23-4-3-7-37(17-23)22-5-6-26(35)36-13-22)16-21-15-38-8-9-41-31-28(34)25(32)12-24(29(31)38)30(21)40/h5-6,10-13,15,23H,3-4,7-9,14,16-17H2,1-2H3,(H2,35,36). The second kappa shape index (κ2) is 10.7. The van der Waals surface area contributed by atoms with Gasteiger partial charge in [0.25, 0.3) is 0 Å². The number of ether oxygens (including phenoxy) is 1. The van der Waals surface area contributed by atoms with E-state index in [2.05, 4.69) is 14.8 Å². The molecule has 6 rings (SSSR count). The number of piperidine rings is 1. The molecule has 41 heavy (non-hydrogen) atoms. The maximum atomic E-state index is 14.5. The number of anilines is 2. The van der Waals surface area contributed by atoms with E-state index in [1.807, 2.05) is 18.2 Å². The summed E-state index contributed by atoms with van der Waals surface area (Å²) >= 11 is 0. The van der Waals surface area contributed by atoms with Crippen LogP contribution in [0.25, 0.3) is 10.9 Å². The predicted molar refractivity (Wildman–Crippen MR) is 153 cm³/mol. The molecule has 7 nitrogen and oxygen atoms in total. The summed E-state index contributed by atoms with van der Waals surface area (Å²) in [5.41, 5.74) is 9.26. The zero-order chi connectivity index (χ0) is 28.8. The lowest BCUT2D eigenvalue weighted by Gasteiger charge is -2.40. The SMILES string of the molecule is Cc1cc(CN(Cc2cn3c4c(c(F)c(F)cc4c2=O)OCC3)C2CCCN(c3ccc(N)nc3)C2)cc(C)c1F. The van der Waals surface area contributed by atoms with E-state index in [0.717, 1.165) is 36.7 Å². The van der Waals surface area contributed by atoms with Crippen LogP contribution in [0.2, 0.25) is 0 Å². The normalized spacial score (nSPS) is 16.8. The van der Waals surface area contributed by atoms with Gasteiger partial charge in [-0.05, 0) is 61.6 Å². The van der Waals surface area contributed by atoms with Gasteiger partial charge in [-0.25, -0.2) is 13.8 Å². The van der Waals surface area contributed by atoms with Crippen LogP contribution in [0.5, 0.6) is 5.75 Å². The van der Waals surface area contributed by atoms with Crippen molar-refractivity contribution in [3.63, 3.8) is 0 Å². The summed E-state index contributed by atoms with van der Waals surface area (Å²) in [5.74, 6) is -2.18. The second-order valence-corrected chi connectivity index (χ2v) is 11.1. The van der Waals surface area contributed by atoms with Crippen molar-refractivity contribution in [1.82, 2.24) is 14.5 Å². The molecule has 4 heterocycles. The summed E-state index contributed by atoms with van der Waals surface area (Å²) in [6, 6.07) is 8.46. The van der Waals surface area contributed by atoms with Gasteiger partial charge in [-0.2, -0.15) is 4.39 Å². The van der Waals surface area contributed by atoms with Crippen LogP contribution in [0.15, 0.2) is 47.5 Å². The molecule has 0 spiro atoms. The van der Waals surface area contributed by atoms with Crippen LogP contribution >= 0.6 is 0 Å². The van der Waals surface area contributed by atoms with Gasteiger partial charge >= 0.3 is 0 Å². The molecule has 0 amide bonds. The van der Waals surface area contributed by atoms with Crippen molar-refractivity contribution in [1.29, 1.82) is 0 Å². The van der Waals surface area contributed by atoms with Gasteiger partial charge in [0.1, 0.15) is 18.2 Å². The average molecular weight is 564 g/mol. The van der Waals surface area contributed by atoms with Crippen LogP contribution in [0.3, 0.4) is 0 Å². The minimum Gasteiger partial charge on any atom is -0.486 e. The number of nitrogens with zero attached hydrogens (tertiary/aromatic N) is 4. The summed E-state index contributed by atoms with van der Waals surface area (Å²) in [5, 5.41) is 0.0998. The molecule has 4 aromatic rings. The Morgan fingerprint density at radius 2 is 1.85 bits per heavy atom. The number of pyridine rings is 2. The Kier molecular flexibility index (Phi) is 7.11. The third-order valence-corrected chi connectivity index (χ3v) is 8.17. The summed E-state index contributed by atoms with van der Waals surface area (Å²) in [6.07, 6.45) is 5.34. The van der Waals surface area contributed by atoms with Crippen molar-refractivity contribution in [3.8, 4) is 5.75 Å². The van der Waals surface area contributed by atoms with Crippen molar-refractivity contribution in [3.05, 3.63) is 92.7 Å². The lowest BCUT2D eigenvalue weighted by atomic mass is 10.00. The fourth-order valence-electron chi connectivity index (χ4n) is 6.17. The van der Waals surface area contributed by atoms with Gasteiger partial charge < -0.3 is 19.9 Å². The second-order valence-electron chi connectivity index (χ2n) is 11.1. The number of nitrogen functional groups attached to an aromatic ring is 1. The van der Waals surface area contributed by atoms with E-state index in [1.165, 1.54) is 0 Å². The van der Waals surface area contributed by atoms with Crippen LogP contribution in [-0.4, -0.2) is 40.2 Å². The first-order chi connectivity index (χ1) is 19.7. The number of benzene rings is 2. The Morgan fingerprint density at radius 3 is 2.59 bits per heavy atom. The van der Waals surface area contributed by atoms with Gasteiger partial charge in [-0.1, -0.05) is 12.1 Å². The molecule has 1 unspecified atom stereocenters. The van der Waals surface area contributed by atoms with Crippen molar-refractivity contribution < 1.29 is 17.9 Å². The highest BCUT2D eigenvalue weighted by Crippen LogP contribution is 2.33. The Balaban J connectivity index is 1.39. The number of hydrogen-bond acceptors (Lipinski definition) is 6. The summed E-state index contributed by atoms with van der Waals surface area (Å²) in [6.45, 7) is 6.43. The van der Waals surface area contributed by atoms with Crippen LogP contribution in [-0.2, 0) is 19.6 Å². The first-order valence-corrected chi connectivity index (χ1v) is 13.8. The molecule has 2 aromatic carbocycles. The Morgan fingerprint density at radius 1 is 1.07 bits per heavy atom. The van der Waals surface area contributed by atoms with Crippen LogP contribution in [0.4, 0.5) is 24.7 Å². The van der Waals surface area contributed by atoms with Gasteiger partial charge in [0, 0.05) is 44.0 Å². The number of hydrogen-bond donors (Lipinski definition) is 1. The number of aromatic nitrogens is 2. The van der Waals surface area contributed by atoms with E-state index < -0.39 is 11.6 Å². The third kappa shape index (κ3) is 5.12. The van der Waals surface area contributed by atoms with Crippen LogP contribution in [0, 0.1) is 31.3 Å². The van der Waals surface area contributed by atoms with Crippen LogP contribution < -0.4 is 20.8 Å². The summed E-state index contributed by atoms with van der Waals surface area (Å²) in [7, 11) is 0. The molecular formula is C31H32F3N5O2. The maximum absolute atomic E-state index is 14.5. The lowest BCUT2D eigenvalue weighted by Crippen LogP contribution is -2.48. The van der Waals surface area contributed by atoms with Crippen molar-refractivity contribution in [2.24, 2.45) is 0 Å². The van der Waals surface area contributed by atoms with Crippen molar-refractivity contribution >= 4 is 22.4 Å². The molecule has 2 aromatic heterocycles. The molecule has 1 fully saturated rings. The highest BCUT2D eigenvalue weighted by Gasteiger charge is 2.29. The molecule has 10 heteroatoms. The first kappa shape index (κ1) is 27.1.